The van der Waals surface area contributed by atoms with Crippen LogP contribution in [0.2, 0.25) is 0 Å². The van der Waals surface area contributed by atoms with E-state index in [4.69, 9.17) is 5.73 Å². The van der Waals surface area contributed by atoms with Gasteiger partial charge in [0.2, 0.25) is 5.91 Å². The molecule has 26 heavy (non-hydrogen) atoms. The van der Waals surface area contributed by atoms with Crippen LogP contribution in [0.25, 0.3) is 6.08 Å². The zero-order chi connectivity index (χ0) is 19.9. The number of primary amides is 1. The van der Waals surface area contributed by atoms with Gasteiger partial charge >= 0.3 is 0 Å². The van der Waals surface area contributed by atoms with Gasteiger partial charge in [-0.15, -0.1) is 0 Å². The molecular weight excluding hydrogens is 348 g/mol. The summed E-state index contributed by atoms with van der Waals surface area (Å²) in [5.74, 6) is 0.0310. The van der Waals surface area contributed by atoms with Crippen LogP contribution in [-0.2, 0) is 20.4 Å². The van der Waals surface area contributed by atoms with Crippen LogP contribution in [0.4, 0.5) is 0 Å². The molecule has 1 aromatic carbocycles. The van der Waals surface area contributed by atoms with Crippen LogP contribution in [-0.4, -0.2) is 34.2 Å². The zero-order valence-corrected chi connectivity index (χ0v) is 17.2. The van der Waals surface area contributed by atoms with Crippen LogP contribution >= 0.6 is 11.8 Å². The summed E-state index contributed by atoms with van der Waals surface area (Å²) in [6.07, 6.45) is 1.83. The summed E-state index contributed by atoms with van der Waals surface area (Å²) in [5.41, 5.74) is 7.30. The Bertz CT molecular complexity index is 735. The maximum atomic E-state index is 12.5. The van der Waals surface area contributed by atoms with Crippen molar-refractivity contribution in [2.75, 3.05) is 12.4 Å². The van der Waals surface area contributed by atoms with Gasteiger partial charge in [0.05, 0.1) is 10.8 Å². The maximum absolute atomic E-state index is 12.5. The molecule has 0 aromatic heterocycles. The molecule has 0 unspecified atom stereocenters. The van der Waals surface area contributed by atoms with Gasteiger partial charge in [-0.1, -0.05) is 53.3 Å². The lowest BCUT2D eigenvalue weighted by Crippen LogP contribution is -2.34. The highest BCUT2D eigenvalue weighted by Crippen LogP contribution is 2.41. The topological polar surface area (TPSA) is 83.6 Å². The first kappa shape index (κ1) is 20.4. The van der Waals surface area contributed by atoms with Crippen molar-refractivity contribution in [1.29, 1.82) is 0 Å². The molecule has 1 heterocycles. The van der Waals surface area contributed by atoms with E-state index >= 15 is 0 Å². The Kier molecular flexibility index (Phi) is 5.47. The van der Waals surface area contributed by atoms with Gasteiger partial charge in [0, 0.05) is 11.1 Å². The number of rotatable bonds is 3. The fourth-order valence-corrected chi connectivity index (χ4v) is 3.84. The SMILES string of the molecule is CC(C)(C)c1cc(C=C2SCN(CC(N)=O)C2=O)cc(C(C)(C)C)c1O. The summed E-state index contributed by atoms with van der Waals surface area (Å²) in [4.78, 5) is 25.6. The number of aromatic hydroxyl groups is 1. The third-order valence-electron chi connectivity index (χ3n) is 4.27. The zero-order valence-electron chi connectivity index (χ0n) is 16.3. The largest absolute Gasteiger partial charge is 0.507 e. The Morgan fingerprint density at radius 2 is 1.69 bits per heavy atom. The summed E-state index contributed by atoms with van der Waals surface area (Å²) in [7, 11) is 0. The number of thioether (sulfide) groups is 1. The lowest BCUT2D eigenvalue weighted by atomic mass is 9.78. The van der Waals surface area contributed by atoms with E-state index < -0.39 is 5.91 Å². The van der Waals surface area contributed by atoms with E-state index in [1.54, 1.807) is 0 Å². The Morgan fingerprint density at radius 3 is 2.12 bits per heavy atom. The quantitative estimate of drug-likeness (QED) is 0.793. The average molecular weight is 377 g/mol. The van der Waals surface area contributed by atoms with Crippen LogP contribution in [0.15, 0.2) is 17.0 Å². The first-order valence-electron chi connectivity index (χ1n) is 8.60. The van der Waals surface area contributed by atoms with Crippen LogP contribution in [0.5, 0.6) is 5.75 Å². The monoisotopic (exact) mass is 376 g/mol. The summed E-state index contributed by atoms with van der Waals surface area (Å²) < 4.78 is 0. The van der Waals surface area contributed by atoms with Crippen LogP contribution < -0.4 is 5.73 Å². The fourth-order valence-electron chi connectivity index (χ4n) is 2.87. The lowest BCUT2D eigenvalue weighted by molar-refractivity contribution is -0.129. The van der Waals surface area contributed by atoms with E-state index in [1.807, 2.05) is 18.2 Å². The van der Waals surface area contributed by atoms with Crippen molar-refractivity contribution in [1.82, 2.24) is 4.90 Å². The summed E-state index contributed by atoms with van der Waals surface area (Å²) in [6, 6.07) is 3.87. The number of nitrogens with zero attached hydrogens (tertiary/aromatic N) is 1. The molecule has 0 spiro atoms. The number of hydrogen-bond donors (Lipinski definition) is 2. The predicted octanol–water partition coefficient (Wildman–Crippen LogP) is 3.35. The Labute approximate surface area is 159 Å². The van der Waals surface area contributed by atoms with E-state index in [0.29, 0.717) is 16.5 Å². The minimum absolute atomic E-state index is 0.0702. The third-order valence-corrected chi connectivity index (χ3v) is 5.31. The summed E-state index contributed by atoms with van der Waals surface area (Å²) in [5, 5.41) is 10.8. The molecular formula is C20H28N2O3S. The number of benzene rings is 1. The fraction of sp³-hybridized carbons (Fsp3) is 0.500. The number of carbonyl (C=O) groups excluding carboxylic acids is 2. The normalized spacial score (nSPS) is 17.2. The van der Waals surface area contributed by atoms with Crippen LogP contribution in [0.3, 0.4) is 0 Å². The molecule has 0 saturated carbocycles. The third kappa shape index (κ3) is 4.41. The highest BCUT2D eigenvalue weighted by atomic mass is 32.2. The van der Waals surface area contributed by atoms with Gasteiger partial charge in [0.15, 0.2) is 0 Å². The molecule has 0 radical (unpaired) electrons. The Morgan fingerprint density at radius 1 is 1.19 bits per heavy atom. The summed E-state index contributed by atoms with van der Waals surface area (Å²) >= 11 is 1.39. The van der Waals surface area contributed by atoms with Crippen molar-refractivity contribution in [2.24, 2.45) is 5.73 Å². The minimum atomic E-state index is -0.519. The molecule has 1 aromatic rings. The smallest absolute Gasteiger partial charge is 0.261 e. The lowest BCUT2D eigenvalue weighted by Gasteiger charge is -2.28. The van der Waals surface area contributed by atoms with Gasteiger partial charge in [-0.3, -0.25) is 9.59 Å². The molecule has 3 N–H and O–H groups in total. The highest BCUT2D eigenvalue weighted by Gasteiger charge is 2.29. The second-order valence-electron chi connectivity index (χ2n) is 8.72. The van der Waals surface area contributed by atoms with E-state index in [9.17, 15) is 14.7 Å². The van der Waals surface area contributed by atoms with E-state index in [-0.39, 0.29) is 23.3 Å². The predicted molar refractivity (Wildman–Crippen MR) is 107 cm³/mol. The minimum Gasteiger partial charge on any atom is -0.507 e. The van der Waals surface area contributed by atoms with Crippen molar-refractivity contribution < 1.29 is 14.7 Å². The molecule has 1 fully saturated rings. The highest BCUT2D eigenvalue weighted by molar-refractivity contribution is 8.04. The molecule has 1 aliphatic heterocycles. The standard InChI is InChI=1S/C20H28N2O3S/c1-19(2,3)13-7-12(8-14(17(13)24)20(4,5)6)9-15-18(25)22(11-26-15)10-16(21)23/h7-9,24H,10-11H2,1-6H3,(H2,21,23). The molecule has 2 rings (SSSR count). The molecule has 142 valence electrons. The number of phenols is 1. The van der Waals surface area contributed by atoms with Crippen LogP contribution in [0.1, 0.15) is 58.2 Å². The van der Waals surface area contributed by atoms with E-state index in [2.05, 4.69) is 41.5 Å². The Balaban J connectivity index is 2.50. The molecule has 5 nitrogen and oxygen atoms in total. The van der Waals surface area contributed by atoms with Gasteiger partial charge in [0.1, 0.15) is 12.3 Å². The number of amides is 2. The van der Waals surface area contributed by atoms with Gasteiger partial charge in [-0.05, 0) is 34.6 Å². The number of hydrogen-bond acceptors (Lipinski definition) is 4. The first-order valence-corrected chi connectivity index (χ1v) is 9.59. The van der Waals surface area contributed by atoms with E-state index in [0.717, 1.165) is 16.7 Å². The Hall–Kier alpha value is -1.95. The van der Waals surface area contributed by atoms with Crippen molar-refractivity contribution in [3.8, 4) is 5.75 Å². The molecule has 2 amide bonds. The molecule has 0 aliphatic carbocycles. The number of nitrogens with two attached hydrogens (primary N) is 1. The first-order chi connectivity index (χ1) is 11.8. The molecule has 0 atom stereocenters. The number of phenolic OH excluding ortho intramolecular Hbond substituents is 1. The van der Waals surface area contributed by atoms with Gasteiger partial charge in [0.25, 0.3) is 5.91 Å². The summed E-state index contributed by atoms with van der Waals surface area (Å²) in [6.45, 7) is 12.2. The average Bonchev–Trinajstić information content (AvgIpc) is 2.79. The van der Waals surface area contributed by atoms with Crippen molar-refractivity contribution >= 4 is 29.7 Å². The second-order valence-corrected chi connectivity index (χ2v) is 9.70. The van der Waals surface area contributed by atoms with Crippen molar-refractivity contribution in [3.63, 3.8) is 0 Å². The maximum Gasteiger partial charge on any atom is 0.261 e. The van der Waals surface area contributed by atoms with Crippen molar-refractivity contribution in [3.05, 3.63) is 33.7 Å². The van der Waals surface area contributed by atoms with Crippen molar-refractivity contribution in [2.45, 2.75) is 52.4 Å². The second kappa shape index (κ2) is 6.99. The van der Waals surface area contributed by atoms with Gasteiger partial charge < -0.3 is 15.7 Å². The molecule has 1 aliphatic rings. The number of carbonyl (C=O) groups is 2. The van der Waals surface area contributed by atoms with Gasteiger partial charge in [-0.25, -0.2) is 0 Å². The molecule has 1 saturated heterocycles. The molecule has 0 bridgehead atoms. The van der Waals surface area contributed by atoms with E-state index in [1.165, 1.54) is 16.7 Å². The van der Waals surface area contributed by atoms with Gasteiger partial charge in [-0.2, -0.15) is 0 Å². The van der Waals surface area contributed by atoms with Crippen LogP contribution in [0, 0.1) is 0 Å². The molecule has 6 heteroatoms.